The Hall–Kier alpha value is -1.82. The van der Waals surface area contributed by atoms with Crippen molar-refractivity contribution in [1.82, 2.24) is 15.2 Å². The van der Waals surface area contributed by atoms with Gasteiger partial charge < -0.3 is 20.2 Å². The zero-order chi connectivity index (χ0) is 16.2. The molecular formula is C17H26N4O2. The van der Waals surface area contributed by atoms with Crippen molar-refractivity contribution >= 4 is 11.8 Å². The third-order valence-corrected chi connectivity index (χ3v) is 4.70. The minimum absolute atomic E-state index is 0.0316. The van der Waals surface area contributed by atoms with E-state index >= 15 is 0 Å². The van der Waals surface area contributed by atoms with E-state index in [1.54, 1.807) is 4.90 Å². The second kappa shape index (κ2) is 7.17. The van der Waals surface area contributed by atoms with E-state index in [0.29, 0.717) is 6.54 Å². The summed E-state index contributed by atoms with van der Waals surface area (Å²) in [6, 6.07) is 6.26. The number of carbonyl (C=O) groups is 1. The SMILES string of the molecule is Cc1cccc(N2CCC(NC(=O)N3CCCC(O)C3)CC2)n1. The molecule has 0 aliphatic carbocycles. The third-order valence-electron chi connectivity index (χ3n) is 4.70. The lowest BCUT2D eigenvalue weighted by atomic mass is 10.0. The number of aliphatic hydroxyl groups excluding tert-OH is 1. The summed E-state index contributed by atoms with van der Waals surface area (Å²) in [5.74, 6) is 1.02. The van der Waals surface area contributed by atoms with Crippen molar-refractivity contribution in [3.63, 3.8) is 0 Å². The van der Waals surface area contributed by atoms with E-state index in [1.165, 1.54) is 0 Å². The van der Waals surface area contributed by atoms with Gasteiger partial charge in [0, 0.05) is 37.9 Å². The summed E-state index contributed by atoms with van der Waals surface area (Å²) < 4.78 is 0. The maximum absolute atomic E-state index is 12.3. The van der Waals surface area contributed by atoms with Crippen molar-refractivity contribution in [2.75, 3.05) is 31.1 Å². The average Bonchev–Trinajstić information content (AvgIpc) is 2.55. The lowest BCUT2D eigenvalue weighted by Gasteiger charge is -2.36. The molecule has 2 aliphatic heterocycles. The van der Waals surface area contributed by atoms with Gasteiger partial charge in [-0.25, -0.2) is 9.78 Å². The molecule has 2 N–H and O–H groups in total. The highest BCUT2D eigenvalue weighted by Crippen LogP contribution is 2.18. The Labute approximate surface area is 137 Å². The van der Waals surface area contributed by atoms with Crippen molar-refractivity contribution in [3.05, 3.63) is 23.9 Å². The summed E-state index contributed by atoms with van der Waals surface area (Å²) in [4.78, 5) is 20.9. The molecule has 3 rings (SSSR count). The number of anilines is 1. The molecule has 2 aliphatic rings. The number of nitrogens with one attached hydrogen (secondary N) is 1. The highest BCUT2D eigenvalue weighted by Gasteiger charge is 2.26. The molecule has 6 nitrogen and oxygen atoms in total. The number of hydrogen-bond acceptors (Lipinski definition) is 4. The van der Waals surface area contributed by atoms with E-state index < -0.39 is 0 Å². The first-order valence-electron chi connectivity index (χ1n) is 8.54. The van der Waals surface area contributed by atoms with Gasteiger partial charge in [0.2, 0.25) is 0 Å². The number of hydrogen-bond donors (Lipinski definition) is 2. The molecule has 126 valence electrons. The van der Waals surface area contributed by atoms with Crippen LogP contribution in [0, 0.1) is 6.92 Å². The summed E-state index contributed by atoms with van der Waals surface area (Å²) in [5.41, 5.74) is 1.03. The molecule has 2 amide bonds. The molecule has 0 aromatic carbocycles. The van der Waals surface area contributed by atoms with Crippen LogP contribution in [0.25, 0.3) is 0 Å². The van der Waals surface area contributed by atoms with Crippen LogP contribution in [-0.2, 0) is 0 Å². The van der Waals surface area contributed by atoms with E-state index in [2.05, 4.69) is 15.2 Å². The fourth-order valence-corrected chi connectivity index (χ4v) is 3.36. The van der Waals surface area contributed by atoms with E-state index in [-0.39, 0.29) is 18.2 Å². The maximum Gasteiger partial charge on any atom is 0.317 e. The molecule has 2 fully saturated rings. The lowest BCUT2D eigenvalue weighted by molar-refractivity contribution is 0.0829. The van der Waals surface area contributed by atoms with Crippen LogP contribution in [0.5, 0.6) is 0 Å². The summed E-state index contributed by atoms with van der Waals surface area (Å²) in [5, 5.41) is 12.8. The third kappa shape index (κ3) is 4.13. The molecule has 0 radical (unpaired) electrons. The number of amides is 2. The van der Waals surface area contributed by atoms with Gasteiger partial charge in [-0.1, -0.05) is 6.07 Å². The number of β-amino-alcohol motifs (C(OH)–C–C–N with tert-alkyl or cyclic N) is 1. The maximum atomic E-state index is 12.3. The molecule has 1 aromatic rings. The highest BCUT2D eigenvalue weighted by molar-refractivity contribution is 5.74. The molecule has 1 aromatic heterocycles. The number of rotatable bonds is 2. The molecule has 0 saturated carbocycles. The number of likely N-dealkylation sites (tertiary alicyclic amines) is 1. The van der Waals surface area contributed by atoms with Crippen LogP contribution < -0.4 is 10.2 Å². The number of piperidine rings is 2. The largest absolute Gasteiger partial charge is 0.391 e. The molecule has 0 spiro atoms. The zero-order valence-electron chi connectivity index (χ0n) is 13.7. The fourth-order valence-electron chi connectivity index (χ4n) is 3.36. The number of pyridine rings is 1. The Bertz CT molecular complexity index is 543. The van der Waals surface area contributed by atoms with Crippen LogP contribution in [0.15, 0.2) is 18.2 Å². The Balaban J connectivity index is 1.48. The van der Waals surface area contributed by atoms with Crippen molar-refractivity contribution < 1.29 is 9.90 Å². The van der Waals surface area contributed by atoms with Crippen molar-refractivity contribution in [2.45, 2.75) is 44.8 Å². The molecule has 2 saturated heterocycles. The first-order valence-corrected chi connectivity index (χ1v) is 8.54. The minimum atomic E-state index is -0.372. The number of carbonyl (C=O) groups excluding carboxylic acids is 1. The van der Waals surface area contributed by atoms with Crippen molar-refractivity contribution in [3.8, 4) is 0 Å². The van der Waals surface area contributed by atoms with E-state index in [1.807, 2.05) is 25.1 Å². The smallest absolute Gasteiger partial charge is 0.317 e. The average molecular weight is 318 g/mol. The zero-order valence-corrected chi connectivity index (χ0v) is 13.7. The standard InChI is InChI=1S/C17H26N4O2/c1-13-4-2-6-16(18-13)20-10-7-14(8-11-20)19-17(23)21-9-3-5-15(22)12-21/h2,4,6,14-15,22H,3,5,7-12H2,1H3,(H,19,23). The molecule has 1 unspecified atom stereocenters. The predicted molar refractivity (Wildman–Crippen MR) is 89.6 cm³/mol. The van der Waals surface area contributed by atoms with Crippen LogP contribution in [0.4, 0.5) is 10.6 Å². The van der Waals surface area contributed by atoms with Gasteiger partial charge >= 0.3 is 6.03 Å². The Morgan fingerprint density at radius 2 is 2.04 bits per heavy atom. The first-order chi connectivity index (χ1) is 11.1. The summed E-state index contributed by atoms with van der Waals surface area (Å²) >= 11 is 0. The molecule has 23 heavy (non-hydrogen) atoms. The second-order valence-corrected chi connectivity index (χ2v) is 6.59. The summed E-state index contributed by atoms with van der Waals surface area (Å²) in [7, 11) is 0. The number of aryl methyl sites for hydroxylation is 1. The van der Waals surface area contributed by atoms with E-state index in [9.17, 15) is 9.90 Å². The monoisotopic (exact) mass is 318 g/mol. The molecule has 0 bridgehead atoms. The minimum Gasteiger partial charge on any atom is -0.391 e. The van der Waals surface area contributed by atoms with E-state index in [4.69, 9.17) is 0 Å². The van der Waals surface area contributed by atoms with E-state index in [0.717, 1.165) is 56.8 Å². The van der Waals surface area contributed by atoms with Crippen LogP contribution >= 0.6 is 0 Å². The molecule has 3 heterocycles. The molecular weight excluding hydrogens is 292 g/mol. The second-order valence-electron chi connectivity index (χ2n) is 6.59. The van der Waals surface area contributed by atoms with Gasteiger partial charge in [-0.05, 0) is 44.7 Å². The Kier molecular flexibility index (Phi) is 5.00. The van der Waals surface area contributed by atoms with Crippen LogP contribution in [0.3, 0.4) is 0 Å². The first kappa shape index (κ1) is 16.1. The van der Waals surface area contributed by atoms with Gasteiger partial charge in [-0.15, -0.1) is 0 Å². The number of nitrogens with zero attached hydrogens (tertiary/aromatic N) is 3. The number of aromatic nitrogens is 1. The van der Waals surface area contributed by atoms with Gasteiger partial charge in [0.25, 0.3) is 0 Å². The Morgan fingerprint density at radius 3 is 2.74 bits per heavy atom. The lowest BCUT2D eigenvalue weighted by Crippen LogP contribution is -2.52. The van der Waals surface area contributed by atoms with Crippen LogP contribution in [0.1, 0.15) is 31.4 Å². The topological polar surface area (TPSA) is 68.7 Å². The summed E-state index contributed by atoms with van der Waals surface area (Å²) in [6.07, 6.45) is 3.16. The highest BCUT2D eigenvalue weighted by atomic mass is 16.3. The van der Waals surface area contributed by atoms with Gasteiger partial charge in [0.1, 0.15) is 5.82 Å². The quantitative estimate of drug-likeness (QED) is 0.867. The van der Waals surface area contributed by atoms with Crippen LogP contribution in [0.2, 0.25) is 0 Å². The van der Waals surface area contributed by atoms with Crippen LogP contribution in [-0.4, -0.2) is 59.3 Å². The van der Waals surface area contributed by atoms with Gasteiger partial charge in [0.05, 0.1) is 6.10 Å². The summed E-state index contributed by atoms with van der Waals surface area (Å²) in [6.45, 7) is 5.02. The predicted octanol–water partition coefficient (Wildman–Crippen LogP) is 1.53. The van der Waals surface area contributed by atoms with Crippen molar-refractivity contribution in [1.29, 1.82) is 0 Å². The normalized spacial score (nSPS) is 23.0. The fraction of sp³-hybridized carbons (Fsp3) is 0.647. The molecule has 1 atom stereocenters. The van der Waals surface area contributed by atoms with Gasteiger partial charge in [0.15, 0.2) is 0 Å². The van der Waals surface area contributed by atoms with Gasteiger partial charge in [-0.2, -0.15) is 0 Å². The number of aliphatic hydroxyl groups is 1. The Morgan fingerprint density at radius 1 is 1.26 bits per heavy atom. The van der Waals surface area contributed by atoms with Gasteiger partial charge in [-0.3, -0.25) is 0 Å². The number of urea groups is 1. The van der Waals surface area contributed by atoms with Crippen molar-refractivity contribution in [2.24, 2.45) is 0 Å². The molecule has 6 heteroatoms.